The van der Waals surface area contributed by atoms with Gasteiger partial charge < -0.3 is 0 Å². The molecule has 0 saturated heterocycles. The summed E-state index contributed by atoms with van der Waals surface area (Å²) in [5, 5.41) is 2.62. The highest BCUT2D eigenvalue weighted by Gasteiger charge is 1.89. The fourth-order valence-electron chi connectivity index (χ4n) is 2.02. The van der Waals surface area contributed by atoms with Crippen molar-refractivity contribution in [2.75, 3.05) is 0 Å². The number of fused-ring (bicyclic) bond motifs is 1. The van der Waals surface area contributed by atoms with Gasteiger partial charge in [0, 0.05) is 0 Å². The monoisotopic (exact) mass is 258 g/mol. The Morgan fingerprint density at radius 3 is 1.10 bits per heavy atom. The van der Waals surface area contributed by atoms with E-state index in [9.17, 15) is 0 Å². The lowest BCUT2D eigenvalue weighted by atomic mass is 10.1. The van der Waals surface area contributed by atoms with Crippen LogP contribution in [0.4, 0.5) is 0 Å². The van der Waals surface area contributed by atoms with Crippen molar-refractivity contribution < 1.29 is 0 Å². The summed E-state index contributed by atoms with van der Waals surface area (Å²) < 4.78 is 0. The van der Waals surface area contributed by atoms with Crippen LogP contribution in [0.25, 0.3) is 22.9 Å². The van der Waals surface area contributed by atoms with Gasteiger partial charge in [0.1, 0.15) is 0 Å². The summed E-state index contributed by atoms with van der Waals surface area (Å²) in [5.74, 6) is 0. The number of hydrogen-bond donors (Lipinski definition) is 0. The van der Waals surface area contributed by atoms with E-state index >= 15 is 0 Å². The van der Waals surface area contributed by atoms with Gasteiger partial charge in [-0.2, -0.15) is 0 Å². The highest BCUT2D eigenvalue weighted by molar-refractivity contribution is 5.82. The minimum atomic E-state index is 1.14. The summed E-state index contributed by atoms with van der Waals surface area (Å²) in [7, 11) is 0. The van der Waals surface area contributed by atoms with Crippen molar-refractivity contribution in [2.24, 2.45) is 0 Å². The van der Waals surface area contributed by atoms with Gasteiger partial charge in [-0.1, -0.05) is 98.1 Å². The first-order valence-corrected chi connectivity index (χ1v) is 6.63. The zero-order valence-corrected chi connectivity index (χ0v) is 11.5. The summed E-state index contributed by atoms with van der Waals surface area (Å²) in [4.78, 5) is 0. The first-order chi connectivity index (χ1) is 9.85. The van der Waals surface area contributed by atoms with Crippen LogP contribution in [0.5, 0.6) is 0 Å². The number of benzene rings is 3. The van der Waals surface area contributed by atoms with E-state index in [1.807, 2.05) is 36.4 Å². The molecular formula is C20H18. The molecular weight excluding hydrogens is 240 g/mol. The van der Waals surface area contributed by atoms with Crippen LogP contribution >= 0.6 is 0 Å². The molecule has 0 heteroatoms. The smallest absolute Gasteiger partial charge is 0.0184 e. The molecule has 0 atom stereocenters. The van der Waals surface area contributed by atoms with Crippen LogP contribution in [-0.4, -0.2) is 0 Å². The van der Waals surface area contributed by atoms with Crippen LogP contribution in [0.3, 0.4) is 0 Å². The maximum atomic E-state index is 3.69. The summed E-state index contributed by atoms with van der Waals surface area (Å²) in [6.45, 7) is 7.38. The van der Waals surface area contributed by atoms with E-state index < -0.39 is 0 Å². The van der Waals surface area contributed by atoms with E-state index in [0.717, 1.165) is 11.1 Å². The third-order valence-corrected chi connectivity index (χ3v) is 3.09. The predicted octanol–water partition coefficient (Wildman–Crippen LogP) is 5.81. The topological polar surface area (TPSA) is 0 Å². The van der Waals surface area contributed by atoms with Crippen molar-refractivity contribution in [2.45, 2.75) is 0 Å². The molecule has 0 aliphatic heterocycles. The summed E-state index contributed by atoms with van der Waals surface area (Å²) in [6.07, 6.45) is 3.66. The molecule has 0 spiro atoms. The van der Waals surface area contributed by atoms with Gasteiger partial charge in [0.05, 0.1) is 0 Å². The molecule has 0 heterocycles. The molecule has 0 nitrogen and oxygen atoms in total. The second-order valence-corrected chi connectivity index (χ2v) is 4.38. The molecule has 0 aromatic heterocycles. The Kier molecular flexibility index (Phi) is 4.91. The van der Waals surface area contributed by atoms with E-state index in [-0.39, 0.29) is 0 Å². The first kappa shape index (κ1) is 13.8. The highest BCUT2D eigenvalue weighted by Crippen LogP contribution is 2.11. The van der Waals surface area contributed by atoms with E-state index in [0.29, 0.717) is 0 Å². The van der Waals surface area contributed by atoms with Crippen LogP contribution in [0.15, 0.2) is 86.0 Å². The number of hydrogen-bond acceptors (Lipinski definition) is 0. The molecule has 0 N–H and O–H groups in total. The van der Waals surface area contributed by atoms with Crippen molar-refractivity contribution in [3.63, 3.8) is 0 Å². The van der Waals surface area contributed by atoms with Crippen LogP contribution in [0.1, 0.15) is 11.1 Å². The average Bonchev–Trinajstić information content (AvgIpc) is 2.55. The van der Waals surface area contributed by atoms with Gasteiger partial charge in [-0.25, -0.2) is 0 Å². The van der Waals surface area contributed by atoms with Crippen molar-refractivity contribution >= 4 is 22.9 Å². The molecule has 3 aromatic carbocycles. The summed E-state index contributed by atoms with van der Waals surface area (Å²) >= 11 is 0. The van der Waals surface area contributed by atoms with E-state index in [1.165, 1.54) is 10.8 Å². The quantitative estimate of drug-likeness (QED) is 0.544. The van der Waals surface area contributed by atoms with Gasteiger partial charge in [-0.3, -0.25) is 0 Å². The fraction of sp³-hybridized carbons (Fsp3) is 0. The molecule has 0 fully saturated rings. The van der Waals surface area contributed by atoms with E-state index in [4.69, 9.17) is 0 Å². The molecule has 20 heavy (non-hydrogen) atoms. The molecule has 0 saturated carbocycles. The van der Waals surface area contributed by atoms with Crippen LogP contribution in [-0.2, 0) is 0 Å². The molecule has 0 unspecified atom stereocenters. The van der Waals surface area contributed by atoms with Crippen molar-refractivity contribution in [3.8, 4) is 0 Å². The number of rotatable bonds is 2. The second-order valence-electron chi connectivity index (χ2n) is 4.38. The van der Waals surface area contributed by atoms with Gasteiger partial charge in [0.15, 0.2) is 0 Å². The van der Waals surface area contributed by atoms with Gasteiger partial charge in [0.25, 0.3) is 0 Å². The van der Waals surface area contributed by atoms with Crippen LogP contribution < -0.4 is 0 Å². The Bertz CT molecular complexity index is 615. The second kappa shape index (κ2) is 7.10. The van der Waals surface area contributed by atoms with Gasteiger partial charge >= 0.3 is 0 Å². The molecule has 0 aliphatic rings. The third kappa shape index (κ3) is 3.46. The molecule has 0 amide bonds. The maximum absolute atomic E-state index is 3.69. The minimum Gasteiger partial charge on any atom is -0.0984 e. The van der Waals surface area contributed by atoms with Crippen molar-refractivity contribution in [1.82, 2.24) is 0 Å². The average molecular weight is 258 g/mol. The molecule has 0 aliphatic carbocycles. The Morgan fingerprint density at radius 1 is 0.500 bits per heavy atom. The van der Waals surface area contributed by atoms with Crippen LogP contribution in [0, 0.1) is 0 Å². The van der Waals surface area contributed by atoms with Crippen molar-refractivity contribution in [1.29, 1.82) is 0 Å². The molecule has 0 bridgehead atoms. The van der Waals surface area contributed by atoms with Gasteiger partial charge in [0.2, 0.25) is 0 Å². The lowest BCUT2D eigenvalue weighted by Gasteiger charge is -1.96. The first-order valence-electron chi connectivity index (χ1n) is 6.63. The minimum absolute atomic E-state index is 1.14. The predicted molar refractivity (Wildman–Crippen MR) is 90.6 cm³/mol. The van der Waals surface area contributed by atoms with E-state index in [2.05, 4.69) is 61.7 Å². The van der Waals surface area contributed by atoms with Gasteiger partial charge in [-0.05, 0) is 21.9 Å². The molecule has 98 valence electrons. The Labute approximate surface area is 120 Å². The zero-order valence-electron chi connectivity index (χ0n) is 11.5. The fourth-order valence-corrected chi connectivity index (χ4v) is 2.02. The third-order valence-electron chi connectivity index (χ3n) is 3.09. The zero-order chi connectivity index (χ0) is 14.2. The Balaban J connectivity index is 0.000000147. The lowest BCUT2D eigenvalue weighted by Crippen LogP contribution is -1.76. The standard InChI is InChI=1S/C10H8.C10H10/c1-2-6-10-8-4-3-7-9(10)5-1;1-3-9-7-5-6-8-10(9)4-2/h1-8H;3-8H,1-2H2. The normalized spacial score (nSPS) is 9.40. The maximum Gasteiger partial charge on any atom is -0.0184 e. The largest absolute Gasteiger partial charge is 0.0984 e. The SMILES string of the molecule is C=Cc1ccccc1C=C.c1ccc2ccccc2c1. The molecule has 0 radical (unpaired) electrons. The lowest BCUT2D eigenvalue weighted by molar-refractivity contribution is 1.62. The van der Waals surface area contributed by atoms with Crippen LogP contribution in [0.2, 0.25) is 0 Å². The van der Waals surface area contributed by atoms with E-state index in [1.54, 1.807) is 0 Å². The molecule has 3 rings (SSSR count). The Hall–Kier alpha value is -2.60. The summed E-state index contributed by atoms with van der Waals surface area (Å²) in [5.41, 5.74) is 2.27. The Morgan fingerprint density at radius 2 is 0.800 bits per heavy atom. The van der Waals surface area contributed by atoms with Crippen molar-refractivity contribution in [3.05, 3.63) is 97.1 Å². The summed E-state index contributed by atoms with van der Waals surface area (Å²) in [6, 6.07) is 24.7. The van der Waals surface area contributed by atoms with Gasteiger partial charge in [-0.15, -0.1) is 0 Å². The highest BCUT2D eigenvalue weighted by atomic mass is 13.9. The molecule has 3 aromatic rings.